The topological polar surface area (TPSA) is 55.1 Å². The first kappa shape index (κ1) is 29.8. The predicted octanol–water partition coefficient (Wildman–Crippen LogP) is 4.52. The molecule has 1 N–H and O–H groups in total. The molecule has 0 atom stereocenters. The maximum absolute atomic E-state index is 9.00. The van der Waals surface area contributed by atoms with Gasteiger partial charge in [0.15, 0.2) is 0 Å². The van der Waals surface area contributed by atoms with Crippen LogP contribution in [-0.4, -0.2) is 20.9 Å². The summed E-state index contributed by atoms with van der Waals surface area (Å²) in [7, 11) is 0. The number of aliphatic hydroxyl groups is 1. The Labute approximate surface area is 257 Å². The number of aromatic nitrogens is 2. The van der Waals surface area contributed by atoms with Crippen molar-refractivity contribution in [3.8, 4) is 11.3 Å². The molecule has 4 nitrogen and oxygen atoms in total. The molecule has 0 aliphatic rings. The van der Waals surface area contributed by atoms with Crippen molar-refractivity contribution in [2.24, 2.45) is 0 Å². The Kier molecular flexibility index (Phi) is 16.3. The summed E-state index contributed by atoms with van der Waals surface area (Å²) in [5.74, 6) is 0. The minimum Gasteiger partial charge on any atom is -0.708 e. The summed E-state index contributed by atoms with van der Waals surface area (Å²) >= 11 is 0. The number of fused-ring (bicyclic) bond motifs is 1. The first-order chi connectivity index (χ1) is 13.3. The number of rotatable bonds is 4. The van der Waals surface area contributed by atoms with Gasteiger partial charge >= 0.3 is 0 Å². The number of pyridine rings is 1. The molecule has 0 saturated carbocycles. The van der Waals surface area contributed by atoms with E-state index in [0.29, 0.717) is 0 Å². The van der Waals surface area contributed by atoms with E-state index in [4.69, 9.17) is 9.90 Å². The summed E-state index contributed by atoms with van der Waals surface area (Å²) in [5, 5.41) is 9.87. The molecule has 0 spiro atoms. The van der Waals surface area contributed by atoms with Crippen LogP contribution in [0.3, 0.4) is 0 Å². The summed E-state index contributed by atoms with van der Waals surface area (Å²) < 4.78 is 2.15. The van der Waals surface area contributed by atoms with E-state index in [1.165, 1.54) is 28.9 Å². The van der Waals surface area contributed by atoms with Crippen LogP contribution >= 0.6 is 0 Å². The Morgan fingerprint density at radius 2 is 1.73 bits per heavy atom. The van der Waals surface area contributed by atoms with Gasteiger partial charge in [0.05, 0.1) is 0 Å². The number of hydrogen-bond donors (Lipinski definition) is 1. The molecule has 0 amide bonds. The van der Waals surface area contributed by atoms with Gasteiger partial charge < -0.3 is 31.8 Å². The van der Waals surface area contributed by atoms with Crippen LogP contribution in [0, 0.1) is 94.9 Å². The van der Waals surface area contributed by atoms with Crippen molar-refractivity contribution in [2.75, 3.05) is 0 Å². The Balaban J connectivity index is 0.000000953. The fourth-order valence-electron chi connectivity index (χ4n) is 2.77. The molecule has 2 aromatic heterocycles. The van der Waals surface area contributed by atoms with E-state index in [9.17, 15) is 0 Å². The van der Waals surface area contributed by atoms with Crippen molar-refractivity contribution >= 4 is 17.1 Å². The number of benzene rings is 2. The van der Waals surface area contributed by atoms with Gasteiger partial charge in [-0.3, -0.25) is 6.29 Å². The molecule has 7 heteroatoms. The van der Waals surface area contributed by atoms with E-state index >= 15 is 0 Å². The standard InChI is InChI=1S/C20H15N2.C3H2O2.2Pr.Pt/c1-2-6-16(7-3-1)14-22-13-11-18(15-22)20-19-9-5-4-8-17(19)10-12-21-20;4-2-1-3-5;;;/h1-10,12-13,15H,14H2;1,4H;;;/q-1;-2;;;. The van der Waals surface area contributed by atoms with Crippen LogP contribution in [0.2, 0.25) is 0 Å². The van der Waals surface area contributed by atoms with Crippen molar-refractivity contribution in [3.05, 3.63) is 103 Å². The first-order valence-corrected chi connectivity index (χ1v) is 8.36. The maximum atomic E-state index is 9.00. The predicted molar refractivity (Wildman–Crippen MR) is 106 cm³/mol. The second-order valence-electron chi connectivity index (χ2n) is 5.75. The third kappa shape index (κ3) is 8.71. The summed E-state index contributed by atoms with van der Waals surface area (Å²) in [5.41, 5.74) is 3.31. The molecular formula is C23H17N2O2Pr2Pt-3. The molecule has 30 heavy (non-hydrogen) atoms. The van der Waals surface area contributed by atoms with Crippen LogP contribution in [0.1, 0.15) is 5.56 Å². The molecule has 0 bridgehead atoms. The molecule has 150 valence electrons. The molecule has 2 radical (unpaired) electrons. The van der Waals surface area contributed by atoms with Gasteiger partial charge in [-0.25, -0.2) is 0 Å². The largest absolute Gasteiger partial charge is 0.708 e. The van der Waals surface area contributed by atoms with Crippen LogP contribution in [-0.2, 0) is 32.4 Å². The average Bonchev–Trinajstić information content (AvgIpc) is 3.18. The normalized spacial score (nSPS) is 9.47. The summed E-state index contributed by atoms with van der Waals surface area (Å²) in [4.78, 5) is 13.6. The van der Waals surface area contributed by atoms with Gasteiger partial charge in [-0.05, 0) is 28.1 Å². The molecule has 0 aliphatic heterocycles. The van der Waals surface area contributed by atoms with E-state index in [1.54, 1.807) is 0 Å². The quantitative estimate of drug-likeness (QED) is 0.187. The number of aliphatic hydroxyl groups excluding tert-OH is 1. The van der Waals surface area contributed by atoms with E-state index in [1.807, 2.05) is 24.5 Å². The third-order valence-electron chi connectivity index (χ3n) is 3.94. The maximum Gasteiger partial charge on any atom is 0.0340 e. The average molecular weight is 830 g/mol. The Hall–Kier alpha value is -0.244. The zero-order chi connectivity index (χ0) is 18.9. The Bertz CT molecular complexity index is 1050. The van der Waals surface area contributed by atoms with Crippen LogP contribution in [0.25, 0.3) is 22.0 Å². The first-order valence-electron chi connectivity index (χ1n) is 8.36. The monoisotopic (exact) mass is 830 g/mol. The smallest absolute Gasteiger partial charge is 0.0340 e. The number of nitrogens with zero attached hydrogens (tertiary/aromatic N) is 2. The Morgan fingerprint density at radius 3 is 2.40 bits per heavy atom. The van der Waals surface area contributed by atoms with Gasteiger partial charge in [0.2, 0.25) is 0 Å². The van der Waals surface area contributed by atoms with Crippen molar-refractivity contribution < 1.29 is 114 Å². The zero-order valence-electron chi connectivity index (χ0n) is 16.0. The van der Waals surface area contributed by atoms with E-state index in [-0.39, 0.29) is 104 Å². The zero-order valence-corrected chi connectivity index (χ0v) is 25.7. The molecule has 4 aromatic rings. The molecule has 2 heterocycles. The van der Waals surface area contributed by atoms with E-state index in [2.05, 4.69) is 70.3 Å². The van der Waals surface area contributed by atoms with Gasteiger partial charge in [0.1, 0.15) is 0 Å². The van der Waals surface area contributed by atoms with Crippen LogP contribution in [0.15, 0.2) is 85.3 Å². The van der Waals surface area contributed by atoms with E-state index < -0.39 is 0 Å². The number of carbonyl (C=O) groups excluding carboxylic acids is 1. The molecule has 4 rings (SSSR count). The van der Waals surface area contributed by atoms with Crippen molar-refractivity contribution in [3.63, 3.8) is 0 Å². The fraction of sp³-hybridized carbons (Fsp3) is 0.0435. The van der Waals surface area contributed by atoms with Gasteiger partial charge in [-0.1, -0.05) is 67.0 Å². The van der Waals surface area contributed by atoms with E-state index in [0.717, 1.165) is 23.9 Å². The number of allylic oxidation sites excluding steroid dienone is 1. The van der Waals surface area contributed by atoms with Crippen molar-refractivity contribution in [2.45, 2.75) is 6.54 Å². The third-order valence-corrected chi connectivity index (χ3v) is 3.94. The Morgan fingerprint density at radius 1 is 1.03 bits per heavy atom. The summed E-state index contributed by atoms with van der Waals surface area (Å²) in [6.07, 6.45) is 9.47. The molecule has 0 aliphatic carbocycles. The molecule has 2 aromatic carbocycles. The minimum absolute atomic E-state index is 0. The molecule has 0 unspecified atom stereocenters. The molecule has 0 saturated heterocycles. The van der Waals surface area contributed by atoms with Gasteiger partial charge in [0, 0.05) is 116 Å². The van der Waals surface area contributed by atoms with Crippen LogP contribution in [0.5, 0.6) is 0 Å². The second kappa shape index (κ2) is 16.4. The second-order valence-corrected chi connectivity index (χ2v) is 5.75. The van der Waals surface area contributed by atoms with Crippen LogP contribution < -0.4 is 0 Å². The summed E-state index contributed by atoms with van der Waals surface area (Å²) in [6, 6.07) is 24.1. The fourth-order valence-corrected chi connectivity index (χ4v) is 2.77. The summed E-state index contributed by atoms with van der Waals surface area (Å²) in [6.45, 7) is 0.849. The minimum atomic E-state index is 0. The molecular weight excluding hydrogens is 813 g/mol. The molecule has 0 fully saturated rings. The van der Waals surface area contributed by atoms with Gasteiger partial charge in [-0.15, -0.1) is 5.56 Å². The SMILES string of the molecule is O=[C-]C=[C-]O.[Pr].[Pr].[Pt].[c-]1cn(Cc2ccccc2)cc1-c1nccc2ccccc12. The van der Waals surface area contributed by atoms with Crippen molar-refractivity contribution in [1.29, 1.82) is 0 Å². The van der Waals surface area contributed by atoms with Crippen molar-refractivity contribution in [1.82, 2.24) is 9.55 Å². The van der Waals surface area contributed by atoms with Gasteiger partial charge in [-0.2, -0.15) is 6.07 Å². The van der Waals surface area contributed by atoms with Gasteiger partial charge in [0.25, 0.3) is 0 Å². The van der Waals surface area contributed by atoms with Crippen LogP contribution in [0.4, 0.5) is 0 Å². The number of hydrogen-bond acceptors (Lipinski definition) is 3.